The molecule has 0 unspecified atom stereocenters. The third kappa shape index (κ3) is 3.35. The molecular formula is C12H9BrIN3O2. The number of halogens is 2. The Balaban J connectivity index is 2.37. The molecule has 4 N–H and O–H groups in total. The van der Waals surface area contributed by atoms with Crippen LogP contribution in [0.3, 0.4) is 0 Å². The van der Waals surface area contributed by atoms with E-state index < -0.39 is 5.97 Å². The standard InChI is InChI=1S/C12H9BrIN3O2/c13-9-2-1-7(4-10(9)14)17-11-8(12(18)19)3-6(15)5-16-11/h1-5H,15H2,(H,16,17)(H,18,19). The summed E-state index contributed by atoms with van der Waals surface area (Å²) in [5, 5.41) is 12.1. The molecule has 0 aliphatic rings. The number of nitrogen functional groups attached to an aromatic ring is 1. The fourth-order valence-corrected chi connectivity index (χ4v) is 2.22. The Morgan fingerprint density at radius 1 is 1.42 bits per heavy atom. The number of anilines is 3. The van der Waals surface area contributed by atoms with E-state index in [-0.39, 0.29) is 11.4 Å². The van der Waals surface area contributed by atoms with E-state index in [4.69, 9.17) is 10.8 Å². The number of nitrogens with zero attached hydrogens (tertiary/aromatic N) is 1. The van der Waals surface area contributed by atoms with Gasteiger partial charge in [0.05, 0.1) is 11.9 Å². The van der Waals surface area contributed by atoms with Crippen LogP contribution in [-0.2, 0) is 0 Å². The molecule has 1 heterocycles. The lowest BCUT2D eigenvalue weighted by Crippen LogP contribution is -2.06. The van der Waals surface area contributed by atoms with Crippen molar-refractivity contribution in [2.75, 3.05) is 11.1 Å². The van der Waals surface area contributed by atoms with Crippen LogP contribution in [0.2, 0.25) is 0 Å². The Morgan fingerprint density at radius 3 is 2.79 bits per heavy atom. The van der Waals surface area contributed by atoms with Gasteiger partial charge in [0.1, 0.15) is 11.4 Å². The summed E-state index contributed by atoms with van der Waals surface area (Å²) in [6, 6.07) is 6.97. The van der Waals surface area contributed by atoms with E-state index in [9.17, 15) is 4.79 Å². The van der Waals surface area contributed by atoms with Crippen molar-refractivity contribution < 1.29 is 9.90 Å². The van der Waals surface area contributed by atoms with Gasteiger partial charge in [0.2, 0.25) is 0 Å². The Morgan fingerprint density at radius 2 is 2.16 bits per heavy atom. The van der Waals surface area contributed by atoms with Gasteiger partial charge in [0.25, 0.3) is 0 Å². The summed E-state index contributed by atoms with van der Waals surface area (Å²) in [6.07, 6.45) is 1.42. The van der Waals surface area contributed by atoms with Crippen molar-refractivity contribution in [2.45, 2.75) is 0 Å². The number of carbonyl (C=O) groups is 1. The molecular weight excluding hydrogens is 425 g/mol. The highest BCUT2D eigenvalue weighted by Gasteiger charge is 2.12. The first-order chi connectivity index (χ1) is 8.97. The van der Waals surface area contributed by atoms with Crippen LogP contribution >= 0.6 is 38.5 Å². The highest BCUT2D eigenvalue weighted by atomic mass is 127. The van der Waals surface area contributed by atoms with Gasteiger partial charge in [0.15, 0.2) is 0 Å². The Hall–Kier alpha value is -1.35. The smallest absolute Gasteiger partial charge is 0.339 e. The van der Waals surface area contributed by atoms with E-state index in [1.165, 1.54) is 12.3 Å². The summed E-state index contributed by atoms with van der Waals surface area (Å²) in [4.78, 5) is 15.2. The fraction of sp³-hybridized carbons (Fsp3) is 0. The van der Waals surface area contributed by atoms with E-state index in [2.05, 4.69) is 48.8 Å². The van der Waals surface area contributed by atoms with Gasteiger partial charge in [0, 0.05) is 13.7 Å². The Bertz CT molecular complexity index is 649. The van der Waals surface area contributed by atoms with E-state index in [0.717, 1.165) is 13.7 Å². The molecule has 7 heteroatoms. The molecule has 5 nitrogen and oxygen atoms in total. The number of hydrogen-bond donors (Lipinski definition) is 3. The summed E-state index contributed by atoms with van der Waals surface area (Å²) in [5.41, 5.74) is 6.65. The summed E-state index contributed by atoms with van der Waals surface area (Å²) >= 11 is 5.58. The van der Waals surface area contributed by atoms with Crippen LogP contribution in [0.5, 0.6) is 0 Å². The number of aromatic carboxylic acids is 1. The van der Waals surface area contributed by atoms with Gasteiger partial charge in [-0.05, 0) is 62.8 Å². The number of nitrogens with one attached hydrogen (secondary N) is 1. The molecule has 0 saturated heterocycles. The zero-order valence-corrected chi connectivity index (χ0v) is 13.3. The van der Waals surface area contributed by atoms with Crippen LogP contribution in [0, 0.1) is 3.57 Å². The van der Waals surface area contributed by atoms with E-state index in [1.54, 1.807) is 0 Å². The molecule has 0 amide bonds. The van der Waals surface area contributed by atoms with Crippen molar-refractivity contribution in [1.82, 2.24) is 4.98 Å². The van der Waals surface area contributed by atoms with Crippen molar-refractivity contribution in [3.63, 3.8) is 0 Å². The molecule has 0 atom stereocenters. The van der Waals surface area contributed by atoms with Crippen molar-refractivity contribution >= 4 is 61.7 Å². The lowest BCUT2D eigenvalue weighted by Gasteiger charge is -2.10. The molecule has 0 aliphatic carbocycles. The quantitative estimate of drug-likeness (QED) is 0.645. The number of rotatable bonds is 3. The maximum absolute atomic E-state index is 11.1. The fourth-order valence-electron chi connectivity index (χ4n) is 1.45. The zero-order valence-electron chi connectivity index (χ0n) is 9.52. The summed E-state index contributed by atoms with van der Waals surface area (Å²) in [5.74, 6) is -0.811. The number of carboxylic acids is 1. The molecule has 19 heavy (non-hydrogen) atoms. The van der Waals surface area contributed by atoms with E-state index in [1.807, 2.05) is 18.2 Å². The molecule has 0 bridgehead atoms. The first-order valence-electron chi connectivity index (χ1n) is 5.18. The average molecular weight is 434 g/mol. The minimum absolute atomic E-state index is 0.0397. The maximum Gasteiger partial charge on any atom is 0.339 e. The van der Waals surface area contributed by atoms with Crippen molar-refractivity contribution in [3.8, 4) is 0 Å². The van der Waals surface area contributed by atoms with E-state index >= 15 is 0 Å². The SMILES string of the molecule is Nc1cnc(Nc2ccc(Br)c(I)c2)c(C(=O)O)c1. The van der Waals surface area contributed by atoms with Gasteiger partial charge in [-0.15, -0.1) is 0 Å². The second kappa shape index (κ2) is 5.74. The molecule has 2 rings (SSSR count). The predicted octanol–water partition coefficient (Wildman–Crippen LogP) is 3.47. The van der Waals surface area contributed by atoms with Crippen LogP contribution in [0.25, 0.3) is 0 Å². The normalized spacial score (nSPS) is 10.2. The van der Waals surface area contributed by atoms with Crippen LogP contribution in [-0.4, -0.2) is 16.1 Å². The zero-order chi connectivity index (χ0) is 14.0. The molecule has 1 aromatic heterocycles. The number of carboxylic acid groups (broad SMARTS) is 1. The molecule has 98 valence electrons. The molecule has 0 fully saturated rings. The number of benzene rings is 1. The number of aromatic nitrogens is 1. The maximum atomic E-state index is 11.1. The van der Waals surface area contributed by atoms with Crippen LogP contribution in [0.1, 0.15) is 10.4 Å². The highest BCUT2D eigenvalue weighted by Crippen LogP contribution is 2.26. The molecule has 0 radical (unpaired) electrons. The lowest BCUT2D eigenvalue weighted by molar-refractivity contribution is 0.0697. The highest BCUT2D eigenvalue weighted by molar-refractivity contribution is 14.1. The predicted molar refractivity (Wildman–Crippen MR) is 85.8 cm³/mol. The minimum atomic E-state index is -1.07. The second-order valence-corrected chi connectivity index (χ2v) is 5.74. The number of hydrogen-bond acceptors (Lipinski definition) is 4. The molecule has 0 saturated carbocycles. The third-order valence-electron chi connectivity index (χ3n) is 2.32. The van der Waals surface area contributed by atoms with Gasteiger partial charge in [-0.3, -0.25) is 0 Å². The lowest BCUT2D eigenvalue weighted by atomic mass is 10.2. The Labute approximate surface area is 131 Å². The second-order valence-electron chi connectivity index (χ2n) is 3.72. The molecule has 0 spiro atoms. The van der Waals surface area contributed by atoms with Gasteiger partial charge in [-0.25, -0.2) is 9.78 Å². The largest absolute Gasteiger partial charge is 0.478 e. The first-order valence-corrected chi connectivity index (χ1v) is 7.05. The summed E-state index contributed by atoms with van der Waals surface area (Å²) in [6.45, 7) is 0. The van der Waals surface area contributed by atoms with Gasteiger partial charge in [-0.1, -0.05) is 0 Å². The molecule has 0 aliphatic heterocycles. The summed E-state index contributed by atoms with van der Waals surface area (Å²) in [7, 11) is 0. The average Bonchev–Trinajstić information content (AvgIpc) is 2.36. The molecule has 1 aromatic carbocycles. The monoisotopic (exact) mass is 433 g/mol. The van der Waals surface area contributed by atoms with Gasteiger partial charge in [-0.2, -0.15) is 0 Å². The minimum Gasteiger partial charge on any atom is -0.478 e. The topological polar surface area (TPSA) is 88.2 Å². The summed E-state index contributed by atoms with van der Waals surface area (Å²) < 4.78 is 1.98. The van der Waals surface area contributed by atoms with Gasteiger partial charge >= 0.3 is 5.97 Å². The number of nitrogens with two attached hydrogens (primary N) is 1. The van der Waals surface area contributed by atoms with Crippen molar-refractivity contribution in [1.29, 1.82) is 0 Å². The van der Waals surface area contributed by atoms with Crippen LogP contribution in [0.15, 0.2) is 34.9 Å². The van der Waals surface area contributed by atoms with Crippen molar-refractivity contribution in [3.05, 3.63) is 44.1 Å². The van der Waals surface area contributed by atoms with Crippen LogP contribution < -0.4 is 11.1 Å². The first kappa shape index (κ1) is 14.1. The van der Waals surface area contributed by atoms with Crippen molar-refractivity contribution in [2.24, 2.45) is 0 Å². The van der Waals surface area contributed by atoms with Gasteiger partial charge < -0.3 is 16.2 Å². The van der Waals surface area contributed by atoms with Crippen LogP contribution in [0.4, 0.5) is 17.2 Å². The number of pyridine rings is 1. The third-order valence-corrected chi connectivity index (χ3v) is 4.65. The Kier molecular flexibility index (Phi) is 4.25. The molecule has 2 aromatic rings. The van der Waals surface area contributed by atoms with E-state index in [0.29, 0.717) is 5.69 Å².